The summed E-state index contributed by atoms with van der Waals surface area (Å²) in [5.41, 5.74) is 1.79. The Labute approximate surface area is 145 Å². The molecule has 0 aliphatic carbocycles. The average molecular weight is 350 g/mol. The highest BCUT2D eigenvalue weighted by atomic mass is 19.4. The molecule has 0 aliphatic rings. The van der Waals surface area contributed by atoms with E-state index >= 15 is 0 Å². The summed E-state index contributed by atoms with van der Waals surface area (Å²) >= 11 is 0. The van der Waals surface area contributed by atoms with Crippen molar-refractivity contribution in [2.45, 2.75) is 38.2 Å². The summed E-state index contributed by atoms with van der Waals surface area (Å²) in [5.74, 6) is -0.465. The van der Waals surface area contributed by atoms with Gasteiger partial charge in [0, 0.05) is 12.1 Å². The Hall–Kier alpha value is -2.32. The maximum absolute atomic E-state index is 12.1. The molecular formula is C16H18BF3N4O. The second-order valence-corrected chi connectivity index (χ2v) is 5.84. The van der Waals surface area contributed by atoms with Crippen molar-refractivity contribution in [3.63, 3.8) is 0 Å². The lowest BCUT2D eigenvalue weighted by molar-refractivity contribution is -0.132. The van der Waals surface area contributed by atoms with Crippen LogP contribution in [0.1, 0.15) is 35.8 Å². The molecule has 0 spiro atoms. The third-order valence-electron chi connectivity index (χ3n) is 3.48. The van der Waals surface area contributed by atoms with E-state index < -0.39 is 25.0 Å². The second kappa shape index (κ2) is 8.18. The van der Waals surface area contributed by atoms with Crippen molar-refractivity contribution in [1.29, 1.82) is 0 Å². The smallest absolute Gasteiger partial charge is 0.352 e. The van der Waals surface area contributed by atoms with Crippen molar-refractivity contribution in [2.24, 2.45) is 0 Å². The molecule has 1 amide bonds. The molecule has 0 aliphatic heterocycles. The van der Waals surface area contributed by atoms with Crippen LogP contribution in [0.4, 0.5) is 13.2 Å². The number of aryl methyl sites for hydroxylation is 1. The predicted octanol–water partition coefficient (Wildman–Crippen LogP) is 2.86. The number of hydrogen-bond donors (Lipinski definition) is 1. The van der Waals surface area contributed by atoms with E-state index in [-0.39, 0.29) is 11.4 Å². The van der Waals surface area contributed by atoms with Crippen LogP contribution in [0.15, 0.2) is 30.5 Å². The van der Waals surface area contributed by atoms with Crippen molar-refractivity contribution in [1.82, 2.24) is 20.3 Å². The summed E-state index contributed by atoms with van der Waals surface area (Å²) in [6.07, 6.45) is -2.04. The number of benzene rings is 1. The van der Waals surface area contributed by atoms with Crippen LogP contribution in [0, 0.1) is 0 Å². The Kier molecular flexibility index (Phi) is 6.22. The van der Waals surface area contributed by atoms with E-state index in [4.69, 9.17) is 7.85 Å². The van der Waals surface area contributed by atoms with Crippen LogP contribution in [0.25, 0.3) is 5.69 Å². The molecule has 0 saturated carbocycles. The lowest BCUT2D eigenvalue weighted by atomic mass is 9.85. The second-order valence-electron chi connectivity index (χ2n) is 5.84. The lowest BCUT2D eigenvalue weighted by Crippen LogP contribution is -2.27. The zero-order chi connectivity index (χ0) is 18.4. The molecule has 9 heteroatoms. The van der Waals surface area contributed by atoms with Gasteiger partial charge in [0.1, 0.15) is 0 Å². The molecule has 1 atom stereocenters. The Balaban J connectivity index is 1.94. The van der Waals surface area contributed by atoms with Gasteiger partial charge in [-0.25, -0.2) is 4.68 Å². The minimum atomic E-state index is -4.29. The topological polar surface area (TPSA) is 59.8 Å². The van der Waals surface area contributed by atoms with Gasteiger partial charge >= 0.3 is 6.18 Å². The van der Waals surface area contributed by atoms with Gasteiger partial charge in [0.05, 0.1) is 31.8 Å². The fourth-order valence-electron chi connectivity index (χ4n) is 2.10. The van der Waals surface area contributed by atoms with Crippen LogP contribution in [0.3, 0.4) is 0 Å². The van der Waals surface area contributed by atoms with Gasteiger partial charge in [-0.05, 0) is 30.7 Å². The highest BCUT2D eigenvalue weighted by molar-refractivity contribution is 6.11. The summed E-state index contributed by atoms with van der Waals surface area (Å²) in [6, 6.07) is 6.37. The first-order valence-electron chi connectivity index (χ1n) is 7.87. The number of carbonyl (C=O) groups excluding carboxylic acids is 1. The molecule has 2 aromatic rings. The summed E-state index contributed by atoms with van der Waals surface area (Å²) in [7, 11) is 5.71. The van der Waals surface area contributed by atoms with Crippen LogP contribution < -0.4 is 5.32 Å². The zero-order valence-corrected chi connectivity index (χ0v) is 13.8. The highest BCUT2D eigenvalue weighted by Crippen LogP contribution is 2.18. The Morgan fingerprint density at radius 3 is 2.60 bits per heavy atom. The molecule has 1 N–H and O–H groups in total. The predicted molar refractivity (Wildman–Crippen MR) is 87.9 cm³/mol. The Morgan fingerprint density at radius 2 is 2.00 bits per heavy atom. The number of aromatic nitrogens is 3. The summed E-state index contributed by atoms with van der Waals surface area (Å²) in [6.45, 7) is 1.47. The van der Waals surface area contributed by atoms with Gasteiger partial charge < -0.3 is 5.32 Å². The molecule has 1 aromatic heterocycles. The number of nitrogens with zero attached hydrogens (tertiary/aromatic N) is 3. The molecule has 0 bridgehead atoms. The molecule has 132 valence electrons. The molecule has 2 radical (unpaired) electrons. The Bertz CT molecular complexity index is 698. The van der Waals surface area contributed by atoms with Gasteiger partial charge in [-0.3, -0.25) is 4.79 Å². The van der Waals surface area contributed by atoms with E-state index in [2.05, 4.69) is 15.6 Å². The number of nitrogens with one attached hydrogen (secondary N) is 1. The number of carbonyl (C=O) groups is 1. The van der Waals surface area contributed by atoms with E-state index in [0.29, 0.717) is 5.69 Å². The van der Waals surface area contributed by atoms with Gasteiger partial charge in [-0.1, -0.05) is 24.4 Å². The number of alkyl halides is 3. The monoisotopic (exact) mass is 350 g/mol. The molecule has 5 nitrogen and oxygen atoms in total. The van der Waals surface area contributed by atoms with Gasteiger partial charge in [-0.2, -0.15) is 13.2 Å². The van der Waals surface area contributed by atoms with Gasteiger partial charge in [0.15, 0.2) is 0 Å². The zero-order valence-electron chi connectivity index (χ0n) is 13.8. The van der Waals surface area contributed by atoms with Gasteiger partial charge in [0.25, 0.3) is 5.91 Å². The van der Waals surface area contributed by atoms with Crippen LogP contribution >= 0.6 is 0 Å². The minimum absolute atomic E-state index is 0.0836. The van der Waals surface area contributed by atoms with Gasteiger partial charge in [0.2, 0.25) is 0 Å². The summed E-state index contributed by atoms with van der Waals surface area (Å²) < 4.78 is 37.8. The molecule has 1 aromatic carbocycles. The fourth-order valence-corrected chi connectivity index (χ4v) is 2.10. The van der Waals surface area contributed by atoms with Crippen LogP contribution in [-0.2, 0) is 6.42 Å². The molecule has 0 saturated heterocycles. The molecule has 2 rings (SSSR count). The van der Waals surface area contributed by atoms with E-state index in [1.165, 1.54) is 12.1 Å². The molecule has 1 heterocycles. The molecule has 25 heavy (non-hydrogen) atoms. The van der Waals surface area contributed by atoms with Crippen molar-refractivity contribution in [3.8, 4) is 5.69 Å². The number of rotatable bonds is 7. The van der Waals surface area contributed by atoms with Crippen LogP contribution in [0.5, 0.6) is 0 Å². The average Bonchev–Trinajstić information content (AvgIpc) is 3.01. The maximum Gasteiger partial charge on any atom is 0.390 e. The summed E-state index contributed by atoms with van der Waals surface area (Å²) in [4.78, 5) is 11.8. The lowest BCUT2D eigenvalue weighted by Gasteiger charge is -2.08. The van der Waals surface area contributed by atoms with Gasteiger partial charge in [-0.15, -0.1) is 5.10 Å². The first-order chi connectivity index (χ1) is 11.7. The third kappa shape index (κ3) is 6.24. The SMILES string of the molecule is [B]C(C)CCc1cn(-c2ccc(C(=O)NCCC(F)(F)F)cc2)nn1. The van der Waals surface area contributed by atoms with Crippen molar-refractivity contribution >= 4 is 13.8 Å². The van der Waals surface area contributed by atoms with E-state index in [9.17, 15) is 18.0 Å². The Morgan fingerprint density at radius 1 is 1.32 bits per heavy atom. The van der Waals surface area contributed by atoms with Crippen molar-refractivity contribution in [3.05, 3.63) is 41.7 Å². The molecular weight excluding hydrogens is 332 g/mol. The quantitative estimate of drug-likeness (QED) is 0.782. The highest BCUT2D eigenvalue weighted by Gasteiger charge is 2.26. The van der Waals surface area contributed by atoms with Crippen LogP contribution in [-0.4, -0.2) is 41.5 Å². The normalized spacial score (nSPS) is 12.8. The van der Waals surface area contributed by atoms with Crippen molar-refractivity contribution < 1.29 is 18.0 Å². The standard InChI is InChI=1S/C16H18BF3N4O/c1-11(17)2-5-13-10-24(23-22-13)14-6-3-12(4-7-14)15(25)21-9-8-16(18,19)20/h3-4,6-7,10-11H,2,5,8-9H2,1H3,(H,21,25). The molecule has 1 unspecified atom stereocenters. The number of halogens is 3. The van der Waals surface area contributed by atoms with E-state index in [1.54, 1.807) is 23.0 Å². The summed E-state index contributed by atoms with van der Waals surface area (Å²) in [5, 5.41) is 10.3. The number of hydrogen-bond acceptors (Lipinski definition) is 3. The fraction of sp³-hybridized carbons (Fsp3) is 0.438. The first-order valence-corrected chi connectivity index (χ1v) is 7.87. The first kappa shape index (κ1) is 19.0. The maximum atomic E-state index is 12.1. The van der Waals surface area contributed by atoms with E-state index in [0.717, 1.165) is 18.5 Å². The van der Waals surface area contributed by atoms with E-state index in [1.807, 2.05) is 6.92 Å². The largest absolute Gasteiger partial charge is 0.390 e. The van der Waals surface area contributed by atoms with Crippen molar-refractivity contribution in [2.75, 3.05) is 6.54 Å². The third-order valence-corrected chi connectivity index (χ3v) is 3.48. The van der Waals surface area contributed by atoms with Crippen LogP contribution in [0.2, 0.25) is 5.82 Å². The minimum Gasteiger partial charge on any atom is -0.352 e. The number of amides is 1. The molecule has 0 fully saturated rings.